The first-order valence-electron chi connectivity index (χ1n) is 6.89. The second-order valence-electron chi connectivity index (χ2n) is 5.23. The van der Waals surface area contributed by atoms with Crippen LogP contribution in [0.1, 0.15) is 19.8 Å². The molecule has 0 bridgehead atoms. The van der Waals surface area contributed by atoms with E-state index in [1.807, 2.05) is 19.1 Å². The van der Waals surface area contributed by atoms with Crippen molar-refractivity contribution in [3.05, 3.63) is 28.7 Å². The summed E-state index contributed by atoms with van der Waals surface area (Å²) in [6.45, 7) is 2.20. The Morgan fingerprint density at radius 1 is 1.38 bits per heavy atom. The molecule has 1 fully saturated rings. The van der Waals surface area contributed by atoms with Crippen LogP contribution in [-0.2, 0) is 9.59 Å². The number of nitrogens with zero attached hydrogens (tertiary/aromatic N) is 1. The summed E-state index contributed by atoms with van der Waals surface area (Å²) < 4.78 is 6.36. The Hall–Kier alpha value is -1.56. The van der Waals surface area contributed by atoms with E-state index >= 15 is 0 Å². The normalized spacial score (nSPS) is 21.9. The van der Waals surface area contributed by atoms with Crippen molar-refractivity contribution >= 4 is 27.8 Å². The van der Waals surface area contributed by atoms with E-state index in [-0.39, 0.29) is 18.4 Å². The van der Waals surface area contributed by atoms with Crippen LogP contribution in [0, 0.1) is 5.92 Å². The maximum atomic E-state index is 12.2. The van der Waals surface area contributed by atoms with Crippen molar-refractivity contribution in [2.75, 3.05) is 13.2 Å². The van der Waals surface area contributed by atoms with Gasteiger partial charge in [0.1, 0.15) is 11.8 Å². The van der Waals surface area contributed by atoms with E-state index in [1.54, 1.807) is 12.1 Å². The molecule has 21 heavy (non-hydrogen) atoms. The minimum atomic E-state index is -0.945. The second kappa shape index (κ2) is 6.93. The molecule has 0 spiro atoms. The van der Waals surface area contributed by atoms with Crippen molar-refractivity contribution in [3.8, 4) is 5.75 Å². The standard InChI is InChI=1S/C15H18BrNO4/c1-10-3-2-8-17(14(10)15(19)20)13(18)9-21-12-6-4-11(16)5-7-12/h4-7,10,14H,2-3,8-9H2,1H3,(H,19,20). The third kappa shape index (κ3) is 3.97. The van der Waals surface area contributed by atoms with E-state index in [9.17, 15) is 14.7 Å². The summed E-state index contributed by atoms with van der Waals surface area (Å²) in [6, 6.07) is 6.40. The lowest BCUT2D eigenvalue weighted by Gasteiger charge is -2.37. The molecule has 0 aliphatic carbocycles. The Labute approximate surface area is 132 Å². The van der Waals surface area contributed by atoms with Crippen LogP contribution in [0.15, 0.2) is 28.7 Å². The molecule has 5 nitrogen and oxygen atoms in total. The number of hydrogen-bond acceptors (Lipinski definition) is 3. The molecule has 1 heterocycles. The van der Waals surface area contributed by atoms with Gasteiger partial charge in [-0.05, 0) is 43.0 Å². The van der Waals surface area contributed by atoms with Gasteiger partial charge in [-0.2, -0.15) is 0 Å². The minimum Gasteiger partial charge on any atom is -0.484 e. The molecule has 114 valence electrons. The van der Waals surface area contributed by atoms with Crippen LogP contribution in [0.5, 0.6) is 5.75 Å². The highest BCUT2D eigenvalue weighted by molar-refractivity contribution is 9.10. The van der Waals surface area contributed by atoms with Gasteiger partial charge in [0.05, 0.1) is 0 Å². The fourth-order valence-corrected chi connectivity index (χ4v) is 2.87. The van der Waals surface area contributed by atoms with E-state index in [1.165, 1.54) is 4.90 Å². The number of hydrogen-bond donors (Lipinski definition) is 1. The van der Waals surface area contributed by atoms with Gasteiger partial charge in [0.15, 0.2) is 6.61 Å². The Balaban J connectivity index is 1.98. The first-order valence-corrected chi connectivity index (χ1v) is 7.69. The molecule has 1 N–H and O–H groups in total. The number of piperidine rings is 1. The van der Waals surface area contributed by atoms with E-state index in [4.69, 9.17) is 4.74 Å². The van der Waals surface area contributed by atoms with Gasteiger partial charge in [-0.25, -0.2) is 4.79 Å². The van der Waals surface area contributed by atoms with Gasteiger partial charge in [-0.1, -0.05) is 22.9 Å². The highest BCUT2D eigenvalue weighted by Crippen LogP contribution is 2.24. The Bertz CT molecular complexity index is 517. The number of likely N-dealkylation sites (tertiary alicyclic amines) is 1. The quantitative estimate of drug-likeness (QED) is 0.900. The van der Waals surface area contributed by atoms with Gasteiger partial charge in [0.25, 0.3) is 5.91 Å². The number of benzene rings is 1. The van der Waals surface area contributed by atoms with Crippen LogP contribution < -0.4 is 4.74 Å². The number of carboxylic acid groups (broad SMARTS) is 1. The molecular formula is C15H18BrNO4. The molecule has 1 aliphatic heterocycles. The van der Waals surface area contributed by atoms with Gasteiger partial charge in [0, 0.05) is 11.0 Å². The molecule has 0 saturated carbocycles. The maximum Gasteiger partial charge on any atom is 0.326 e. The predicted molar refractivity (Wildman–Crippen MR) is 81.2 cm³/mol. The summed E-state index contributed by atoms with van der Waals surface area (Å²) in [6.07, 6.45) is 1.66. The fraction of sp³-hybridized carbons (Fsp3) is 0.467. The third-order valence-corrected chi connectivity index (χ3v) is 4.21. The van der Waals surface area contributed by atoms with Crippen molar-refractivity contribution in [2.45, 2.75) is 25.8 Å². The van der Waals surface area contributed by atoms with Crippen molar-refractivity contribution in [2.24, 2.45) is 5.92 Å². The van der Waals surface area contributed by atoms with E-state index < -0.39 is 12.0 Å². The topological polar surface area (TPSA) is 66.8 Å². The lowest BCUT2D eigenvalue weighted by molar-refractivity contribution is -0.155. The summed E-state index contributed by atoms with van der Waals surface area (Å²) in [7, 11) is 0. The summed E-state index contributed by atoms with van der Waals surface area (Å²) in [4.78, 5) is 25.0. The zero-order valence-electron chi connectivity index (χ0n) is 11.8. The summed E-state index contributed by atoms with van der Waals surface area (Å²) >= 11 is 3.32. The molecule has 2 atom stereocenters. The smallest absolute Gasteiger partial charge is 0.326 e. The van der Waals surface area contributed by atoms with E-state index in [0.29, 0.717) is 12.3 Å². The van der Waals surface area contributed by atoms with Crippen molar-refractivity contribution in [1.29, 1.82) is 0 Å². The minimum absolute atomic E-state index is 0.0344. The van der Waals surface area contributed by atoms with Crippen molar-refractivity contribution in [3.63, 3.8) is 0 Å². The number of carbonyl (C=O) groups excluding carboxylic acids is 1. The van der Waals surface area contributed by atoms with Crippen LogP contribution in [0.25, 0.3) is 0 Å². The molecular weight excluding hydrogens is 338 g/mol. The van der Waals surface area contributed by atoms with Crippen LogP contribution >= 0.6 is 15.9 Å². The Kier molecular flexibility index (Phi) is 5.22. The zero-order valence-corrected chi connectivity index (χ0v) is 13.4. The van der Waals surface area contributed by atoms with Crippen molar-refractivity contribution < 1.29 is 19.4 Å². The highest BCUT2D eigenvalue weighted by atomic mass is 79.9. The number of carboxylic acids is 1. The summed E-state index contributed by atoms with van der Waals surface area (Å²) in [5.74, 6) is -0.674. The molecule has 6 heteroatoms. The molecule has 2 unspecified atom stereocenters. The summed E-state index contributed by atoms with van der Waals surface area (Å²) in [5.41, 5.74) is 0. The molecule has 2 rings (SSSR count). The average Bonchev–Trinajstić information content (AvgIpc) is 2.45. The van der Waals surface area contributed by atoms with Crippen LogP contribution in [-0.4, -0.2) is 41.1 Å². The van der Waals surface area contributed by atoms with Gasteiger partial charge in [-0.15, -0.1) is 0 Å². The number of ether oxygens (including phenoxy) is 1. The van der Waals surface area contributed by atoms with E-state index in [0.717, 1.165) is 17.3 Å². The Morgan fingerprint density at radius 3 is 2.67 bits per heavy atom. The average molecular weight is 356 g/mol. The highest BCUT2D eigenvalue weighted by Gasteiger charge is 2.36. The Morgan fingerprint density at radius 2 is 2.05 bits per heavy atom. The van der Waals surface area contributed by atoms with Gasteiger partial charge >= 0.3 is 5.97 Å². The van der Waals surface area contributed by atoms with Gasteiger partial charge < -0.3 is 14.7 Å². The molecule has 0 aromatic heterocycles. The zero-order chi connectivity index (χ0) is 15.4. The number of halogens is 1. The predicted octanol–water partition coefficient (Wildman–Crippen LogP) is 2.54. The molecule has 0 radical (unpaired) electrons. The molecule has 1 amide bonds. The first-order chi connectivity index (χ1) is 9.99. The second-order valence-corrected chi connectivity index (χ2v) is 6.15. The largest absolute Gasteiger partial charge is 0.484 e. The lowest BCUT2D eigenvalue weighted by atomic mass is 9.91. The van der Waals surface area contributed by atoms with Crippen LogP contribution in [0.3, 0.4) is 0 Å². The molecule has 1 saturated heterocycles. The molecule has 1 aliphatic rings. The third-order valence-electron chi connectivity index (χ3n) is 3.68. The van der Waals surface area contributed by atoms with Crippen molar-refractivity contribution in [1.82, 2.24) is 4.90 Å². The maximum absolute atomic E-state index is 12.2. The monoisotopic (exact) mass is 355 g/mol. The fourth-order valence-electron chi connectivity index (χ4n) is 2.60. The van der Waals surface area contributed by atoms with Crippen LogP contribution in [0.4, 0.5) is 0 Å². The first kappa shape index (κ1) is 15.8. The number of carbonyl (C=O) groups is 2. The van der Waals surface area contributed by atoms with E-state index in [2.05, 4.69) is 15.9 Å². The number of rotatable bonds is 4. The summed E-state index contributed by atoms with van der Waals surface area (Å²) in [5, 5.41) is 9.30. The molecule has 1 aromatic carbocycles. The lowest BCUT2D eigenvalue weighted by Crippen LogP contribution is -2.53. The number of amides is 1. The SMILES string of the molecule is CC1CCCN(C(=O)COc2ccc(Br)cc2)C1C(=O)O. The van der Waals surface area contributed by atoms with Crippen LogP contribution in [0.2, 0.25) is 0 Å². The molecule has 1 aromatic rings. The number of aliphatic carboxylic acids is 1. The van der Waals surface area contributed by atoms with Gasteiger partial charge in [-0.3, -0.25) is 4.79 Å². The van der Waals surface area contributed by atoms with Gasteiger partial charge in [0.2, 0.25) is 0 Å².